The minimum Gasteiger partial charge on any atom is -0.393 e. The van der Waals surface area contributed by atoms with Gasteiger partial charge in [-0.1, -0.05) is 6.07 Å². The molecule has 30 heavy (non-hydrogen) atoms. The van der Waals surface area contributed by atoms with Crippen LogP contribution < -0.4 is 5.32 Å². The Morgan fingerprint density at radius 2 is 2.10 bits per heavy atom. The SMILES string of the molecule is CC(C)(C)n1nc([C@H]2CC[C@@H](O)C2)cc1Nc1cccc(C(F)(F)COCC#N)n1. The predicted molar refractivity (Wildman–Crippen MR) is 108 cm³/mol. The quantitative estimate of drug-likeness (QED) is 0.658. The summed E-state index contributed by atoms with van der Waals surface area (Å²) in [5.74, 6) is -2.24. The summed E-state index contributed by atoms with van der Waals surface area (Å²) in [5.41, 5.74) is 0.0894. The summed E-state index contributed by atoms with van der Waals surface area (Å²) in [6.07, 6.45) is 1.98. The number of anilines is 2. The number of pyridine rings is 1. The molecule has 2 heterocycles. The Morgan fingerprint density at radius 3 is 2.73 bits per heavy atom. The number of hydrogen-bond donors (Lipinski definition) is 2. The van der Waals surface area contributed by atoms with Crippen LogP contribution in [0.4, 0.5) is 20.4 Å². The first kappa shape index (κ1) is 22.1. The molecule has 0 radical (unpaired) electrons. The van der Waals surface area contributed by atoms with Crippen LogP contribution in [0.3, 0.4) is 0 Å². The zero-order valence-corrected chi connectivity index (χ0v) is 17.4. The lowest BCUT2D eigenvalue weighted by Crippen LogP contribution is -2.25. The van der Waals surface area contributed by atoms with Crippen molar-refractivity contribution in [2.24, 2.45) is 0 Å². The molecule has 0 unspecified atom stereocenters. The maximum atomic E-state index is 14.3. The molecular formula is C21H27F2N5O2. The van der Waals surface area contributed by atoms with Crippen molar-refractivity contribution in [1.29, 1.82) is 5.26 Å². The molecule has 2 aromatic heterocycles. The second-order valence-corrected chi connectivity index (χ2v) is 8.59. The lowest BCUT2D eigenvalue weighted by atomic mass is 10.0. The lowest BCUT2D eigenvalue weighted by Gasteiger charge is -2.23. The largest absolute Gasteiger partial charge is 0.393 e. The molecule has 0 bridgehead atoms. The van der Waals surface area contributed by atoms with E-state index in [0.29, 0.717) is 12.2 Å². The highest BCUT2D eigenvalue weighted by molar-refractivity contribution is 5.53. The summed E-state index contributed by atoms with van der Waals surface area (Å²) in [5, 5.41) is 26.2. The number of nitriles is 1. The van der Waals surface area contributed by atoms with E-state index in [1.54, 1.807) is 12.1 Å². The van der Waals surface area contributed by atoms with Crippen LogP contribution in [-0.4, -0.2) is 39.2 Å². The van der Waals surface area contributed by atoms with E-state index in [0.717, 1.165) is 18.5 Å². The fourth-order valence-electron chi connectivity index (χ4n) is 3.56. The van der Waals surface area contributed by atoms with Crippen LogP contribution in [0.25, 0.3) is 0 Å². The first-order valence-corrected chi connectivity index (χ1v) is 9.96. The first-order chi connectivity index (χ1) is 14.1. The molecule has 0 aliphatic heterocycles. The van der Waals surface area contributed by atoms with E-state index in [9.17, 15) is 13.9 Å². The average Bonchev–Trinajstić information content (AvgIpc) is 3.28. The number of halogens is 2. The third-order valence-corrected chi connectivity index (χ3v) is 5.02. The summed E-state index contributed by atoms with van der Waals surface area (Å²) < 4.78 is 35.2. The van der Waals surface area contributed by atoms with Gasteiger partial charge in [-0.15, -0.1) is 0 Å². The molecule has 1 fully saturated rings. The van der Waals surface area contributed by atoms with Gasteiger partial charge in [0.15, 0.2) is 0 Å². The van der Waals surface area contributed by atoms with E-state index in [1.165, 1.54) is 12.1 Å². The summed E-state index contributed by atoms with van der Waals surface area (Å²) >= 11 is 0. The van der Waals surface area contributed by atoms with Gasteiger partial charge in [0.1, 0.15) is 30.5 Å². The van der Waals surface area contributed by atoms with Crippen LogP contribution in [-0.2, 0) is 16.2 Å². The molecule has 0 saturated heterocycles. The van der Waals surface area contributed by atoms with Crippen molar-refractivity contribution in [1.82, 2.24) is 14.8 Å². The van der Waals surface area contributed by atoms with Crippen molar-refractivity contribution in [3.05, 3.63) is 35.7 Å². The molecule has 9 heteroatoms. The summed E-state index contributed by atoms with van der Waals surface area (Å²) in [6, 6.07) is 7.90. The fourth-order valence-corrected chi connectivity index (χ4v) is 3.56. The van der Waals surface area contributed by atoms with Crippen LogP contribution in [0.5, 0.6) is 0 Å². The average molecular weight is 419 g/mol. The van der Waals surface area contributed by atoms with Crippen LogP contribution >= 0.6 is 0 Å². The highest BCUT2D eigenvalue weighted by Gasteiger charge is 2.34. The molecule has 0 spiro atoms. The van der Waals surface area contributed by atoms with Crippen molar-refractivity contribution < 1.29 is 18.6 Å². The highest BCUT2D eigenvalue weighted by Crippen LogP contribution is 2.36. The minimum atomic E-state index is -3.32. The van der Waals surface area contributed by atoms with Gasteiger partial charge in [0, 0.05) is 12.0 Å². The molecule has 1 saturated carbocycles. The predicted octanol–water partition coefficient (Wildman–Crippen LogP) is 4.04. The number of hydrogen-bond acceptors (Lipinski definition) is 6. The van der Waals surface area contributed by atoms with Gasteiger partial charge >= 0.3 is 5.92 Å². The zero-order valence-electron chi connectivity index (χ0n) is 17.4. The number of aliphatic hydroxyl groups is 1. The van der Waals surface area contributed by atoms with E-state index in [1.807, 2.05) is 31.5 Å². The molecule has 2 N–H and O–H groups in total. The van der Waals surface area contributed by atoms with Gasteiger partial charge in [-0.25, -0.2) is 9.67 Å². The Bertz CT molecular complexity index is 917. The van der Waals surface area contributed by atoms with Crippen molar-refractivity contribution in [2.75, 3.05) is 18.5 Å². The maximum absolute atomic E-state index is 14.3. The second kappa shape index (κ2) is 8.66. The van der Waals surface area contributed by atoms with Gasteiger partial charge in [-0.05, 0) is 52.2 Å². The Morgan fingerprint density at radius 1 is 1.33 bits per heavy atom. The molecule has 7 nitrogen and oxygen atoms in total. The number of nitrogens with zero attached hydrogens (tertiary/aromatic N) is 4. The van der Waals surface area contributed by atoms with Gasteiger partial charge in [0.25, 0.3) is 0 Å². The summed E-state index contributed by atoms with van der Waals surface area (Å²) in [6.45, 7) is 4.69. The van der Waals surface area contributed by atoms with Crippen LogP contribution in [0.2, 0.25) is 0 Å². The Labute approximate surface area is 174 Å². The van der Waals surface area contributed by atoms with E-state index in [2.05, 4.69) is 15.0 Å². The topological polar surface area (TPSA) is 96.0 Å². The van der Waals surface area contributed by atoms with Crippen molar-refractivity contribution in [3.8, 4) is 6.07 Å². The zero-order chi connectivity index (χ0) is 21.9. The number of alkyl halides is 2. The Kier molecular flexibility index (Phi) is 6.38. The third kappa shape index (κ3) is 5.12. The van der Waals surface area contributed by atoms with Crippen LogP contribution in [0, 0.1) is 11.3 Å². The van der Waals surface area contributed by atoms with E-state index in [4.69, 9.17) is 10.4 Å². The van der Waals surface area contributed by atoms with Crippen molar-refractivity contribution in [2.45, 2.75) is 63.5 Å². The molecule has 162 valence electrons. The Hall–Kier alpha value is -2.57. The molecule has 0 aromatic carbocycles. The highest BCUT2D eigenvalue weighted by atomic mass is 19.3. The minimum absolute atomic E-state index is 0.171. The number of aliphatic hydroxyl groups excluding tert-OH is 1. The molecule has 0 amide bonds. The second-order valence-electron chi connectivity index (χ2n) is 8.59. The van der Waals surface area contributed by atoms with Crippen LogP contribution in [0.15, 0.2) is 24.3 Å². The summed E-state index contributed by atoms with van der Waals surface area (Å²) in [4.78, 5) is 4.06. The van der Waals surface area contributed by atoms with E-state index in [-0.39, 0.29) is 23.4 Å². The van der Waals surface area contributed by atoms with E-state index >= 15 is 0 Å². The standard InChI is InChI=1S/C21H27F2N5O2/c1-20(2,3)28-19(12-16(27-28)14-7-8-15(29)11-14)26-18-6-4-5-17(25-18)21(22,23)13-30-10-9-24/h4-6,12,14-15,29H,7-8,10-11,13H2,1-3H3,(H,25,26)/t14-,15+/m0/s1. The molecule has 3 rings (SSSR count). The molecule has 1 aliphatic rings. The van der Waals surface area contributed by atoms with Gasteiger partial charge in [0.2, 0.25) is 0 Å². The molecular weight excluding hydrogens is 392 g/mol. The molecule has 2 aromatic rings. The number of ether oxygens (including phenoxy) is 1. The third-order valence-electron chi connectivity index (χ3n) is 5.02. The van der Waals surface area contributed by atoms with Crippen molar-refractivity contribution >= 4 is 11.6 Å². The first-order valence-electron chi connectivity index (χ1n) is 9.96. The van der Waals surface area contributed by atoms with Gasteiger partial charge < -0.3 is 15.2 Å². The number of aromatic nitrogens is 3. The normalized spacial score (nSPS) is 19.6. The Balaban J connectivity index is 1.85. The number of rotatable bonds is 7. The molecule has 2 atom stereocenters. The van der Waals surface area contributed by atoms with E-state index < -0.39 is 24.8 Å². The molecule has 1 aliphatic carbocycles. The monoisotopic (exact) mass is 419 g/mol. The lowest BCUT2D eigenvalue weighted by molar-refractivity contribution is -0.0794. The number of nitrogens with one attached hydrogen (secondary N) is 1. The van der Waals surface area contributed by atoms with Crippen molar-refractivity contribution in [3.63, 3.8) is 0 Å². The van der Waals surface area contributed by atoms with Gasteiger partial charge in [0.05, 0.1) is 23.4 Å². The summed E-state index contributed by atoms with van der Waals surface area (Å²) in [7, 11) is 0. The van der Waals surface area contributed by atoms with Gasteiger partial charge in [-0.2, -0.15) is 19.1 Å². The smallest absolute Gasteiger partial charge is 0.312 e. The fraction of sp³-hybridized carbons (Fsp3) is 0.571. The van der Waals surface area contributed by atoms with Crippen LogP contribution in [0.1, 0.15) is 57.3 Å². The maximum Gasteiger partial charge on any atom is 0.312 e. The van der Waals surface area contributed by atoms with Gasteiger partial charge in [-0.3, -0.25) is 0 Å².